The molecule has 2 unspecified atom stereocenters. The van der Waals surface area contributed by atoms with E-state index in [9.17, 15) is 8.78 Å². The molecule has 15 heavy (non-hydrogen) atoms. The predicted octanol–water partition coefficient (Wildman–Crippen LogP) is 0.816. The van der Waals surface area contributed by atoms with E-state index >= 15 is 0 Å². The quantitative estimate of drug-likeness (QED) is 0.740. The molecule has 0 amide bonds. The molecule has 1 rings (SSSR count). The molecule has 1 aliphatic carbocycles. The van der Waals surface area contributed by atoms with Crippen LogP contribution in [0.2, 0.25) is 0 Å². The largest absolute Gasteiger partial charge is 0.394 e. The fourth-order valence-electron chi connectivity index (χ4n) is 2.25. The van der Waals surface area contributed by atoms with Crippen molar-refractivity contribution >= 4 is 0 Å². The van der Waals surface area contributed by atoms with Gasteiger partial charge in [0.2, 0.25) is 0 Å². The molecule has 0 radical (unpaired) electrons. The molecule has 0 aromatic carbocycles. The Hall–Kier alpha value is -0.260. The van der Waals surface area contributed by atoms with Gasteiger partial charge in [0.05, 0.1) is 13.2 Å². The van der Waals surface area contributed by atoms with E-state index in [0.29, 0.717) is 6.42 Å². The van der Waals surface area contributed by atoms with E-state index < -0.39 is 12.0 Å². The molecule has 0 bridgehead atoms. The van der Waals surface area contributed by atoms with Crippen molar-refractivity contribution in [3.63, 3.8) is 0 Å². The van der Waals surface area contributed by atoms with Crippen LogP contribution in [0, 0.1) is 0 Å². The smallest absolute Gasteiger partial charge is 0.251 e. The number of halogens is 2. The van der Waals surface area contributed by atoms with Crippen LogP contribution in [-0.4, -0.2) is 48.2 Å². The Labute approximate surface area is 89.2 Å². The Morgan fingerprint density at radius 2 is 2.27 bits per heavy atom. The molecule has 2 atom stereocenters. The highest BCUT2D eigenvalue weighted by Crippen LogP contribution is 2.28. The first-order chi connectivity index (χ1) is 6.97. The van der Waals surface area contributed by atoms with Crippen molar-refractivity contribution in [1.29, 1.82) is 0 Å². The summed E-state index contributed by atoms with van der Waals surface area (Å²) in [5.41, 5.74) is 5.38. The van der Waals surface area contributed by atoms with Crippen molar-refractivity contribution in [2.24, 2.45) is 5.73 Å². The van der Waals surface area contributed by atoms with Gasteiger partial charge in [-0.05, 0) is 32.7 Å². The van der Waals surface area contributed by atoms with Gasteiger partial charge in [0.25, 0.3) is 6.43 Å². The number of nitrogens with zero attached hydrogens (tertiary/aromatic N) is 1. The van der Waals surface area contributed by atoms with Gasteiger partial charge < -0.3 is 10.8 Å². The van der Waals surface area contributed by atoms with Crippen LogP contribution in [0.3, 0.4) is 0 Å². The average Bonchev–Trinajstić information content (AvgIpc) is 2.17. The van der Waals surface area contributed by atoms with Crippen molar-refractivity contribution < 1.29 is 13.9 Å². The van der Waals surface area contributed by atoms with Gasteiger partial charge in [0.15, 0.2) is 0 Å². The van der Waals surface area contributed by atoms with E-state index in [1.54, 1.807) is 11.9 Å². The second-order valence-electron chi connectivity index (χ2n) is 4.60. The molecule has 3 N–H and O–H groups in total. The number of hydrogen-bond acceptors (Lipinski definition) is 3. The SMILES string of the molecule is CN(CC(F)F)C1CCCC(N)(CO)C1. The lowest BCUT2D eigenvalue weighted by Crippen LogP contribution is -2.52. The summed E-state index contributed by atoms with van der Waals surface area (Å²) in [5, 5.41) is 9.14. The summed E-state index contributed by atoms with van der Waals surface area (Å²) in [5.74, 6) is 0. The summed E-state index contributed by atoms with van der Waals surface area (Å²) in [6, 6.07) is 0.0740. The monoisotopic (exact) mass is 222 g/mol. The van der Waals surface area contributed by atoms with Crippen LogP contribution in [0.15, 0.2) is 0 Å². The van der Waals surface area contributed by atoms with Crippen molar-refractivity contribution in [3.8, 4) is 0 Å². The van der Waals surface area contributed by atoms with E-state index in [0.717, 1.165) is 19.3 Å². The Morgan fingerprint density at radius 1 is 1.60 bits per heavy atom. The fourth-order valence-corrected chi connectivity index (χ4v) is 2.25. The van der Waals surface area contributed by atoms with Crippen molar-refractivity contribution in [1.82, 2.24) is 4.90 Å². The summed E-state index contributed by atoms with van der Waals surface area (Å²) >= 11 is 0. The van der Waals surface area contributed by atoms with Crippen LogP contribution in [-0.2, 0) is 0 Å². The second-order valence-corrected chi connectivity index (χ2v) is 4.60. The molecule has 0 saturated heterocycles. The predicted molar refractivity (Wildman–Crippen MR) is 54.9 cm³/mol. The van der Waals surface area contributed by atoms with Crippen LogP contribution in [0.25, 0.3) is 0 Å². The minimum atomic E-state index is -2.31. The number of aliphatic hydroxyl groups is 1. The molecule has 1 saturated carbocycles. The van der Waals surface area contributed by atoms with Crippen LogP contribution >= 0.6 is 0 Å². The number of hydrogen-bond donors (Lipinski definition) is 2. The number of aliphatic hydroxyl groups excluding tert-OH is 1. The van der Waals surface area contributed by atoms with E-state index in [4.69, 9.17) is 10.8 Å². The van der Waals surface area contributed by atoms with Crippen molar-refractivity contribution in [2.45, 2.75) is 43.7 Å². The Bertz CT molecular complexity index is 204. The van der Waals surface area contributed by atoms with E-state index in [-0.39, 0.29) is 19.2 Å². The highest BCUT2D eigenvalue weighted by Gasteiger charge is 2.34. The molecule has 90 valence electrons. The molecule has 3 nitrogen and oxygen atoms in total. The highest BCUT2D eigenvalue weighted by atomic mass is 19.3. The molecule has 0 aromatic rings. The minimum absolute atomic E-state index is 0.0635. The average molecular weight is 222 g/mol. The molecular weight excluding hydrogens is 202 g/mol. The first-order valence-electron chi connectivity index (χ1n) is 5.35. The molecule has 5 heteroatoms. The van der Waals surface area contributed by atoms with E-state index in [1.165, 1.54) is 0 Å². The lowest BCUT2D eigenvalue weighted by Gasteiger charge is -2.40. The number of alkyl halides is 2. The zero-order valence-corrected chi connectivity index (χ0v) is 9.13. The zero-order chi connectivity index (χ0) is 11.5. The van der Waals surface area contributed by atoms with E-state index in [1.807, 2.05) is 0 Å². The van der Waals surface area contributed by atoms with Gasteiger partial charge in [-0.1, -0.05) is 0 Å². The van der Waals surface area contributed by atoms with Crippen molar-refractivity contribution in [3.05, 3.63) is 0 Å². The van der Waals surface area contributed by atoms with Gasteiger partial charge in [-0.2, -0.15) is 0 Å². The maximum absolute atomic E-state index is 12.2. The first-order valence-corrected chi connectivity index (χ1v) is 5.35. The molecule has 1 fully saturated rings. The molecule has 0 aromatic heterocycles. The normalized spacial score (nSPS) is 32.6. The summed E-state index contributed by atoms with van der Waals surface area (Å²) in [6.07, 6.45) is 0.866. The molecule has 0 heterocycles. The third-order valence-corrected chi connectivity index (χ3v) is 3.22. The van der Waals surface area contributed by atoms with Crippen LogP contribution < -0.4 is 5.73 Å². The van der Waals surface area contributed by atoms with E-state index in [2.05, 4.69) is 0 Å². The molecule has 0 aliphatic heterocycles. The van der Waals surface area contributed by atoms with Gasteiger partial charge in [0.1, 0.15) is 0 Å². The number of nitrogens with two attached hydrogens (primary N) is 1. The maximum Gasteiger partial charge on any atom is 0.251 e. The summed E-state index contributed by atoms with van der Waals surface area (Å²) in [6.45, 7) is -0.280. The third-order valence-electron chi connectivity index (χ3n) is 3.22. The fraction of sp³-hybridized carbons (Fsp3) is 1.00. The summed E-state index contributed by atoms with van der Waals surface area (Å²) < 4.78 is 24.4. The van der Waals surface area contributed by atoms with Gasteiger partial charge in [0, 0.05) is 11.6 Å². The Morgan fingerprint density at radius 3 is 2.80 bits per heavy atom. The molecular formula is C10H20F2N2O. The summed E-state index contributed by atoms with van der Waals surface area (Å²) in [7, 11) is 1.69. The highest BCUT2D eigenvalue weighted by molar-refractivity contribution is 4.93. The van der Waals surface area contributed by atoms with Crippen LogP contribution in [0.4, 0.5) is 8.78 Å². The van der Waals surface area contributed by atoms with Gasteiger partial charge in [-0.3, -0.25) is 4.90 Å². The number of rotatable bonds is 4. The zero-order valence-electron chi connectivity index (χ0n) is 9.13. The standard InChI is InChI=1S/C10H20F2N2O/c1-14(6-9(11)12)8-3-2-4-10(13,5-8)7-15/h8-9,15H,2-7,13H2,1H3. The minimum Gasteiger partial charge on any atom is -0.394 e. The van der Waals surface area contributed by atoms with Crippen LogP contribution in [0.1, 0.15) is 25.7 Å². The first kappa shape index (κ1) is 12.8. The lowest BCUT2D eigenvalue weighted by atomic mass is 9.80. The van der Waals surface area contributed by atoms with Gasteiger partial charge in [-0.15, -0.1) is 0 Å². The maximum atomic E-state index is 12.2. The topological polar surface area (TPSA) is 49.5 Å². The lowest BCUT2D eigenvalue weighted by molar-refractivity contribution is 0.0469. The Balaban J connectivity index is 2.48. The van der Waals surface area contributed by atoms with Gasteiger partial charge in [-0.25, -0.2) is 8.78 Å². The third kappa shape index (κ3) is 3.66. The second kappa shape index (κ2) is 5.18. The Kier molecular flexibility index (Phi) is 4.43. The molecule has 0 spiro atoms. The van der Waals surface area contributed by atoms with Crippen molar-refractivity contribution in [2.75, 3.05) is 20.2 Å². The van der Waals surface area contributed by atoms with Gasteiger partial charge >= 0.3 is 0 Å². The molecule has 1 aliphatic rings. The van der Waals surface area contributed by atoms with Crippen LogP contribution in [0.5, 0.6) is 0 Å². The summed E-state index contributed by atoms with van der Waals surface area (Å²) in [4.78, 5) is 1.65.